The number of hydrogen-bond donors (Lipinski definition) is 1. The van der Waals surface area contributed by atoms with Crippen LogP contribution in [-0.4, -0.2) is 25.0 Å². The van der Waals surface area contributed by atoms with E-state index in [4.69, 9.17) is 5.73 Å². The van der Waals surface area contributed by atoms with Crippen LogP contribution in [0, 0.1) is 18.7 Å². The van der Waals surface area contributed by atoms with Crippen LogP contribution in [0.1, 0.15) is 23.6 Å². The maximum Gasteiger partial charge on any atom is 0.130 e. The lowest BCUT2D eigenvalue weighted by Crippen LogP contribution is -2.21. The first-order chi connectivity index (χ1) is 7.63. The van der Waals surface area contributed by atoms with Crippen LogP contribution in [0.5, 0.6) is 0 Å². The molecule has 1 heterocycles. The van der Waals surface area contributed by atoms with E-state index in [1.54, 1.807) is 0 Å². The summed E-state index contributed by atoms with van der Waals surface area (Å²) in [5.74, 6) is 0.437. The average Bonchev–Trinajstić information content (AvgIpc) is 2.64. The van der Waals surface area contributed by atoms with E-state index >= 15 is 0 Å². The van der Waals surface area contributed by atoms with E-state index in [9.17, 15) is 4.39 Å². The Labute approximate surface area is 96.2 Å². The molecule has 3 heteroatoms. The largest absolute Gasteiger partial charge is 0.330 e. The number of halogens is 1. The van der Waals surface area contributed by atoms with Gasteiger partial charge in [-0.1, -0.05) is 18.2 Å². The standard InChI is InChI=1S/C13H19FN2/c1-9-4-3-5-11(13(9)14)12-6-10(7-15)8-16(12)2/h3-5,10,12H,6-8,15H2,1-2H3. The van der Waals surface area contributed by atoms with Crippen molar-refractivity contribution >= 4 is 0 Å². The number of hydrogen-bond acceptors (Lipinski definition) is 2. The van der Waals surface area contributed by atoms with Crippen LogP contribution in [0.2, 0.25) is 0 Å². The zero-order valence-electron chi connectivity index (χ0n) is 9.91. The SMILES string of the molecule is Cc1cccc(C2CC(CN)CN2C)c1F. The van der Waals surface area contributed by atoms with Crippen molar-refractivity contribution in [3.05, 3.63) is 35.1 Å². The van der Waals surface area contributed by atoms with Crippen molar-refractivity contribution in [3.63, 3.8) is 0 Å². The van der Waals surface area contributed by atoms with Crippen molar-refractivity contribution < 1.29 is 4.39 Å². The molecule has 1 aliphatic rings. The van der Waals surface area contributed by atoms with Crippen LogP contribution >= 0.6 is 0 Å². The summed E-state index contributed by atoms with van der Waals surface area (Å²) in [6.45, 7) is 3.47. The van der Waals surface area contributed by atoms with Crippen LogP contribution in [-0.2, 0) is 0 Å². The first-order valence-corrected chi connectivity index (χ1v) is 5.78. The maximum absolute atomic E-state index is 14.0. The van der Waals surface area contributed by atoms with Crippen molar-refractivity contribution in [2.45, 2.75) is 19.4 Å². The molecular formula is C13H19FN2. The molecule has 2 N–H and O–H groups in total. The fraction of sp³-hybridized carbons (Fsp3) is 0.538. The van der Waals surface area contributed by atoms with E-state index in [1.165, 1.54) is 0 Å². The minimum absolute atomic E-state index is 0.0583. The quantitative estimate of drug-likeness (QED) is 0.830. The third-order valence-electron chi connectivity index (χ3n) is 3.55. The number of nitrogens with two attached hydrogens (primary N) is 1. The van der Waals surface area contributed by atoms with E-state index in [-0.39, 0.29) is 11.9 Å². The van der Waals surface area contributed by atoms with Crippen molar-refractivity contribution in [2.24, 2.45) is 11.7 Å². The molecule has 16 heavy (non-hydrogen) atoms. The highest BCUT2D eigenvalue weighted by atomic mass is 19.1. The lowest BCUT2D eigenvalue weighted by Gasteiger charge is -2.20. The van der Waals surface area contributed by atoms with Gasteiger partial charge in [-0.2, -0.15) is 0 Å². The van der Waals surface area contributed by atoms with Gasteiger partial charge in [0.15, 0.2) is 0 Å². The van der Waals surface area contributed by atoms with Crippen LogP contribution in [0.4, 0.5) is 4.39 Å². The number of nitrogens with zero attached hydrogens (tertiary/aromatic N) is 1. The normalized spacial score (nSPS) is 26.2. The molecule has 1 aromatic rings. The molecule has 0 aromatic heterocycles. The molecule has 0 spiro atoms. The van der Waals surface area contributed by atoms with E-state index in [2.05, 4.69) is 4.90 Å². The second-order valence-corrected chi connectivity index (χ2v) is 4.77. The number of benzene rings is 1. The fourth-order valence-corrected chi connectivity index (χ4v) is 2.57. The van der Waals surface area contributed by atoms with Crippen LogP contribution < -0.4 is 5.73 Å². The summed E-state index contributed by atoms with van der Waals surface area (Å²) in [6.07, 6.45) is 0.966. The minimum atomic E-state index is -0.0583. The molecular weight excluding hydrogens is 203 g/mol. The fourth-order valence-electron chi connectivity index (χ4n) is 2.57. The van der Waals surface area contributed by atoms with E-state index in [0.717, 1.165) is 24.1 Å². The Morgan fingerprint density at radius 3 is 2.88 bits per heavy atom. The molecule has 1 aromatic carbocycles. The number of likely N-dealkylation sites (tertiary alicyclic amines) is 1. The smallest absolute Gasteiger partial charge is 0.130 e. The highest BCUT2D eigenvalue weighted by Gasteiger charge is 2.31. The van der Waals surface area contributed by atoms with Gasteiger partial charge < -0.3 is 5.73 Å². The molecule has 0 radical (unpaired) electrons. The Balaban J connectivity index is 2.28. The predicted molar refractivity (Wildman–Crippen MR) is 63.7 cm³/mol. The molecule has 1 saturated heterocycles. The second kappa shape index (κ2) is 4.52. The molecule has 88 valence electrons. The van der Waals surface area contributed by atoms with Crippen LogP contribution in [0.3, 0.4) is 0 Å². The van der Waals surface area contributed by atoms with Gasteiger partial charge in [0.1, 0.15) is 5.82 Å². The predicted octanol–water partition coefficient (Wildman–Crippen LogP) is 2.09. The summed E-state index contributed by atoms with van der Waals surface area (Å²) in [5, 5.41) is 0. The van der Waals surface area contributed by atoms with Crippen molar-refractivity contribution in [1.29, 1.82) is 0 Å². The lowest BCUT2D eigenvalue weighted by atomic mass is 9.98. The molecule has 0 saturated carbocycles. The van der Waals surface area contributed by atoms with Gasteiger partial charge in [-0.25, -0.2) is 4.39 Å². The van der Waals surface area contributed by atoms with Gasteiger partial charge in [0.25, 0.3) is 0 Å². The van der Waals surface area contributed by atoms with Crippen molar-refractivity contribution in [3.8, 4) is 0 Å². The molecule has 1 aliphatic heterocycles. The average molecular weight is 222 g/mol. The topological polar surface area (TPSA) is 29.3 Å². The van der Waals surface area contributed by atoms with Crippen LogP contribution in [0.25, 0.3) is 0 Å². The Kier molecular flexibility index (Phi) is 3.26. The minimum Gasteiger partial charge on any atom is -0.330 e. The van der Waals surface area contributed by atoms with E-state index in [1.807, 2.05) is 32.2 Å². The third-order valence-corrected chi connectivity index (χ3v) is 3.55. The Morgan fingerprint density at radius 1 is 1.50 bits per heavy atom. The molecule has 0 aliphatic carbocycles. The number of rotatable bonds is 2. The molecule has 1 fully saturated rings. The van der Waals surface area contributed by atoms with Gasteiger partial charge >= 0.3 is 0 Å². The van der Waals surface area contributed by atoms with E-state index in [0.29, 0.717) is 12.5 Å². The Bertz CT molecular complexity index is 378. The molecule has 2 unspecified atom stereocenters. The Hall–Kier alpha value is -0.930. The van der Waals surface area contributed by atoms with Gasteiger partial charge in [0.2, 0.25) is 0 Å². The summed E-state index contributed by atoms with van der Waals surface area (Å²) in [6, 6.07) is 5.82. The lowest BCUT2D eigenvalue weighted by molar-refractivity contribution is 0.306. The highest BCUT2D eigenvalue weighted by molar-refractivity contribution is 5.28. The summed E-state index contributed by atoms with van der Waals surface area (Å²) in [7, 11) is 2.04. The zero-order valence-corrected chi connectivity index (χ0v) is 9.91. The molecule has 2 atom stereocenters. The maximum atomic E-state index is 14.0. The van der Waals surface area contributed by atoms with Gasteiger partial charge in [-0.3, -0.25) is 4.90 Å². The molecule has 2 rings (SSSR count). The molecule has 0 bridgehead atoms. The monoisotopic (exact) mass is 222 g/mol. The number of aryl methyl sites for hydroxylation is 1. The zero-order chi connectivity index (χ0) is 11.7. The van der Waals surface area contributed by atoms with E-state index < -0.39 is 0 Å². The summed E-state index contributed by atoms with van der Waals surface area (Å²) in [5.41, 5.74) is 7.23. The summed E-state index contributed by atoms with van der Waals surface area (Å²) < 4.78 is 14.0. The van der Waals surface area contributed by atoms with Gasteiger partial charge in [0.05, 0.1) is 0 Å². The van der Waals surface area contributed by atoms with Gasteiger partial charge in [-0.05, 0) is 38.4 Å². The Morgan fingerprint density at radius 2 is 2.25 bits per heavy atom. The van der Waals surface area contributed by atoms with Gasteiger partial charge in [-0.15, -0.1) is 0 Å². The molecule has 2 nitrogen and oxygen atoms in total. The summed E-state index contributed by atoms with van der Waals surface area (Å²) >= 11 is 0. The highest BCUT2D eigenvalue weighted by Crippen LogP contribution is 2.35. The summed E-state index contributed by atoms with van der Waals surface area (Å²) in [4.78, 5) is 2.20. The van der Waals surface area contributed by atoms with Gasteiger partial charge in [0, 0.05) is 18.2 Å². The van der Waals surface area contributed by atoms with Crippen molar-refractivity contribution in [1.82, 2.24) is 4.90 Å². The van der Waals surface area contributed by atoms with Crippen molar-refractivity contribution in [2.75, 3.05) is 20.1 Å². The third kappa shape index (κ3) is 1.97. The first-order valence-electron chi connectivity index (χ1n) is 5.78. The molecule has 0 amide bonds. The first kappa shape index (κ1) is 11.6. The second-order valence-electron chi connectivity index (χ2n) is 4.77. The van der Waals surface area contributed by atoms with Crippen LogP contribution in [0.15, 0.2) is 18.2 Å².